The van der Waals surface area contributed by atoms with Gasteiger partial charge in [0, 0.05) is 17.9 Å². The monoisotopic (exact) mass is 394 g/mol. The van der Waals surface area contributed by atoms with Crippen LogP contribution >= 0.6 is 0 Å². The van der Waals surface area contributed by atoms with Gasteiger partial charge in [-0.25, -0.2) is 9.59 Å². The number of epoxide rings is 1. The Morgan fingerprint density at radius 3 is 2.39 bits per heavy atom. The third-order valence-corrected chi connectivity index (χ3v) is 6.95. The third-order valence-electron chi connectivity index (χ3n) is 6.95. The second-order valence-electron chi connectivity index (χ2n) is 9.45. The number of hydrogen-bond acceptors (Lipinski definition) is 7. The summed E-state index contributed by atoms with van der Waals surface area (Å²) in [6.45, 7) is 11.0. The SMILES string of the molecule is C=C(C(=O)OC)C1CC2C(C)(CCC(OC(=O)C3OC3(C)C)C2(C)O)CC1=O. The first-order valence-corrected chi connectivity index (χ1v) is 9.74. The van der Waals surface area contributed by atoms with Crippen LogP contribution in [-0.2, 0) is 28.6 Å². The maximum Gasteiger partial charge on any atom is 0.338 e. The first-order valence-electron chi connectivity index (χ1n) is 9.74. The third kappa shape index (κ3) is 3.39. The molecule has 28 heavy (non-hydrogen) atoms. The van der Waals surface area contributed by atoms with Crippen molar-refractivity contribution in [3.05, 3.63) is 12.2 Å². The van der Waals surface area contributed by atoms with Gasteiger partial charge in [-0.05, 0) is 51.4 Å². The highest BCUT2D eigenvalue weighted by atomic mass is 16.7. The number of methoxy groups -OCH3 is 1. The highest BCUT2D eigenvalue weighted by Gasteiger charge is 2.60. The molecule has 3 aliphatic rings. The number of carbonyl (C=O) groups excluding carboxylic acids is 3. The van der Waals surface area contributed by atoms with E-state index in [9.17, 15) is 19.5 Å². The van der Waals surface area contributed by atoms with Gasteiger partial charge in [-0.1, -0.05) is 13.5 Å². The number of ether oxygens (including phenoxy) is 3. The standard InChI is InChI=1S/C21H30O7/c1-11(17(23)26-6)12-9-14-20(4,10-13(12)22)8-7-15(21(14,5)25)27-18(24)16-19(2,3)28-16/h12,14-16,25H,1,7-10H2,2-6H3. The van der Waals surface area contributed by atoms with Crippen LogP contribution in [0.4, 0.5) is 0 Å². The summed E-state index contributed by atoms with van der Waals surface area (Å²) in [5, 5.41) is 11.4. The largest absolute Gasteiger partial charge is 0.466 e. The van der Waals surface area contributed by atoms with E-state index < -0.39 is 46.7 Å². The number of ketones is 1. The molecule has 0 radical (unpaired) electrons. The Morgan fingerprint density at radius 2 is 1.86 bits per heavy atom. The Morgan fingerprint density at radius 1 is 1.25 bits per heavy atom. The minimum absolute atomic E-state index is 0.0616. The van der Waals surface area contributed by atoms with Gasteiger partial charge in [0.15, 0.2) is 6.10 Å². The summed E-state index contributed by atoms with van der Waals surface area (Å²) in [6, 6.07) is 0. The molecule has 7 heteroatoms. The highest BCUT2D eigenvalue weighted by Crippen LogP contribution is 2.56. The number of fused-ring (bicyclic) bond motifs is 1. The number of hydrogen-bond donors (Lipinski definition) is 1. The minimum Gasteiger partial charge on any atom is -0.466 e. The van der Waals surface area contributed by atoms with Gasteiger partial charge in [0.2, 0.25) is 0 Å². The van der Waals surface area contributed by atoms with Crippen molar-refractivity contribution in [3.63, 3.8) is 0 Å². The fourth-order valence-electron chi connectivity index (χ4n) is 5.07. The van der Waals surface area contributed by atoms with Crippen molar-refractivity contribution < 1.29 is 33.7 Å². The van der Waals surface area contributed by atoms with E-state index in [-0.39, 0.29) is 30.1 Å². The number of carbonyl (C=O) groups is 3. The van der Waals surface area contributed by atoms with Gasteiger partial charge < -0.3 is 19.3 Å². The summed E-state index contributed by atoms with van der Waals surface area (Å²) in [7, 11) is 1.25. The second kappa shape index (κ2) is 6.66. The molecule has 2 saturated carbocycles. The maximum absolute atomic E-state index is 12.7. The molecule has 2 aliphatic carbocycles. The molecule has 0 aromatic heterocycles. The second-order valence-corrected chi connectivity index (χ2v) is 9.45. The summed E-state index contributed by atoms with van der Waals surface area (Å²) >= 11 is 0. The Labute approximate surface area is 165 Å². The van der Waals surface area contributed by atoms with Gasteiger partial charge in [-0.2, -0.15) is 0 Å². The van der Waals surface area contributed by atoms with Crippen LogP contribution in [0.25, 0.3) is 0 Å². The molecular formula is C21H30O7. The van der Waals surface area contributed by atoms with Crippen molar-refractivity contribution in [2.24, 2.45) is 17.3 Å². The van der Waals surface area contributed by atoms with Gasteiger partial charge >= 0.3 is 11.9 Å². The molecule has 1 N–H and O–H groups in total. The van der Waals surface area contributed by atoms with Crippen molar-refractivity contribution in [3.8, 4) is 0 Å². The molecule has 1 aliphatic heterocycles. The van der Waals surface area contributed by atoms with Crippen LogP contribution in [-0.4, -0.2) is 53.3 Å². The smallest absolute Gasteiger partial charge is 0.338 e. The predicted octanol–water partition coefficient (Wildman–Crippen LogP) is 1.95. The molecule has 7 nitrogen and oxygen atoms in total. The fraction of sp³-hybridized carbons (Fsp3) is 0.762. The zero-order valence-electron chi connectivity index (χ0n) is 17.2. The quantitative estimate of drug-likeness (QED) is 0.442. The molecule has 1 heterocycles. The van der Waals surface area contributed by atoms with Gasteiger partial charge in [0.1, 0.15) is 23.1 Å². The van der Waals surface area contributed by atoms with E-state index in [1.807, 2.05) is 20.8 Å². The van der Waals surface area contributed by atoms with Gasteiger partial charge in [-0.15, -0.1) is 0 Å². The van der Waals surface area contributed by atoms with Crippen LogP contribution in [0.5, 0.6) is 0 Å². The fourth-order valence-corrected chi connectivity index (χ4v) is 5.07. The normalized spacial score (nSPS) is 41.6. The Balaban J connectivity index is 1.80. The number of aliphatic hydroxyl groups is 1. The molecule has 6 atom stereocenters. The lowest BCUT2D eigenvalue weighted by atomic mass is 9.52. The lowest BCUT2D eigenvalue weighted by molar-refractivity contribution is -0.205. The Bertz CT molecular complexity index is 722. The van der Waals surface area contributed by atoms with Crippen LogP contribution in [0.15, 0.2) is 12.2 Å². The van der Waals surface area contributed by atoms with Gasteiger partial charge in [0.25, 0.3) is 0 Å². The van der Waals surface area contributed by atoms with Crippen molar-refractivity contribution in [2.75, 3.05) is 7.11 Å². The lowest BCUT2D eigenvalue weighted by Gasteiger charge is -2.55. The molecule has 3 fully saturated rings. The van der Waals surface area contributed by atoms with E-state index in [1.54, 1.807) is 6.92 Å². The topological polar surface area (TPSA) is 102 Å². The summed E-state index contributed by atoms with van der Waals surface area (Å²) in [4.78, 5) is 37.0. The molecule has 0 amide bonds. The summed E-state index contributed by atoms with van der Waals surface area (Å²) in [6.07, 6.45) is 0.317. The van der Waals surface area contributed by atoms with Crippen LogP contribution in [0, 0.1) is 17.3 Å². The van der Waals surface area contributed by atoms with Crippen LogP contribution in [0.2, 0.25) is 0 Å². The first-order chi connectivity index (χ1) is 12.8. The van der Waals surface area contributed by atoms with Crippen LogP contribution in [0.3, 0.4) is 0 Å². The maximum atomic E-state index is 12.7. The minimum atomic E-state index is -1.34. The highest BCUT2D eigenvalue weighted by molar-refractivity contribution is 5.97. The molecular weight excluding hydrogens is 364 g/mol. The van der Waals surface area contributed by atoms with E-state index in [0.29, 0.717) is 12.8 Å². The molecule has 156 valence electrons. The molecule has 6 unspecified atom stereocenters. The van der Waals surface area contributed by atoms with Crippen LogP contribution in [0.1, 0.15) is 53.4 Å². The summed E-state index contributed by atoms with van der Waals surface area (Å²) in [5.41, 5.74) is -2.19. The Hall–Kier alpha value is -1.73. The van der Waals surface area contributed by atoms with E-state index in [2.05, 4.69) is 6.58 Å². The molecule has 0 aromatic carbocycles. The lowest BCUT2D eigenvalue weighted by Crippen LogP contribution is -2.61. The zero-order valence-corrected chi connectivity index (χ0v) is 17.2. The van der Waals surface area contributed by atoms with Crippen molar-refractivity contribution >= 4 is 17.7 Å². The average Bonchev–Trinajstić information content (AvgIpc) is 3.24. The average molecular weight is 394 g/mol. The number of Topliss-reactive ketones (excluding diaryl/α,β-unsaturated/α-hetero) is 1. The summed E-state index contributed by atoms with van der Waals surface area (Å²) < 4.78 is 15.7. The van der Waals surface area contributed by atoms with Crippen molar-refractivity contribution in [1.82, 2.24) is 0 Å². The molecule has 0 aromatic rings. The van der Waals surface area contributed by atoms with E-state index >= 15 is 0 Å². The Kier molecular flexibility index (Phi) is 4.99. The molecule has 3 rings (SSSR count). The molecule has 0 bridgehead atoms. The van der Waals surface area contributed by atoms with Crippen LogP contribution < -0.4 is 0 Å². The van der Waals surface area contributed by atoms with Crippen molar-refractivity contribution in [1.29, 1.82) is 0 Å². The van der Waals surface area contributed by atoms with Crippen molar-refractivity contribution in [2.45, 2.75) is 76.8 Å². The first kappa shape index (κ1) is 21.0. The summed E-state index contributed by atoms with van der Waals surface area (Å²) in [5.74, 6) is -2.18. The molecule has 0 spiro atoms. The predicted molar refractivity (Wildman–Crippen MR) is 99.2 cm³/mol. The number of esters is 2. The zero-order chi connectivity index (χ0) is 21.1. The molecule has 1 saturated heterocycles. The van der Waals surface area contributed by atoms with E-state index in [1.165, 1.54) is 7.11 Å². The number of rotatable bonds is 4. The van der Waals surface area contributed by atoms with Gasteiger partial charge in [0.05, 0.1) is 7.11 Å². The van der Waals surface area contributed by atoms with E-state index in [0.717, 1.165) is 0 Å². The van der Waals surface area contributed by atoms with Gasteiger partial charge in [-0.3, -0.25) is 4.79 Å². The van der Waals surface area contributed by atoms with E-state index in [4.69, 9.17) is 14.2 Å².